The summed E-state index contributed by atoms with van der Waals surface area (Å²) < 4.78 is 60.1. The van der Waals surface area contributed by atoms with Crippen molar-refractivity contribution >= 4 is 45.0 Å². The standard InChI is InChI=1S/C29H29ClF2N4O5S/c1-17-14-21(32)8-9-23(17)34-25-22(27(37)35-12-10-19(11-13-35)18-4-6-20(31)7-5-18)15-33-26(24(25)30)42(39,40)36-28(38)41-16-29(36,2)3/h4-9,14-15,19H,10-13,16H2,1-3H3,(H,33,34). The predicted molar refractivity (Wildman–Crippen MR) is 152 cm³/mol. The minimum absolute atomic E-state index is 0.00571. The summed E-state index contributed by atoms with van der Waals surface area (Å²) in [5.41, 5.74) is 0.612. The number of nitrogens with one attached hydrogen (secondary N) is 1. The highest BCUT2D eigenvalue weighted by atomic mass is 35.5. The fourth-order valence-corrected chi connectivity index (χ4v) is 7.40. The molecule has 2 fully saturated rings. The maximum absolute atomic E-state index is 13.8. The zero-order valence-corrected chi connectivity index (χ0v) is 24.7. The maximum atomic E-state index is 13.8. The van der Waals surface area contributed by atoms with Gasteiger partial charge in [0.1, 0.15) is 23.3 Å². The van der Waals surface area contributed by atoms with Gasteiger partial charge in [0.05, 0.1) is 16.8 Å². The van der Waals surface area contributed by atoms with Gasteiger partial charge in [-0.25, -0.2) is 18.6 Å². The molecule has 0 aliphatic carbocycles. The van der Waals surface area contributed by atoms with Gasteiger partial charge in [-0.15, -0.1) is 0 Å². The molecule has 2 saturated heterocycles. The largest absolute Gasteiger partial charge is 0.446 e. The Morgan fingerprint density at radius 2 is 1.74 bits per heavy atom. The molecule has 1 aromatic heterocycles. The van der Waals surface area contributed by atoms with Crippen molar-refractivity contribution in [3.8, 4) is 0 Å². The van der Waals surface area contributed by atoms with E-state index in [9.17, 15) is 26.8 Å². The minimum Gasteiger partial charge on any atom is -0.446 e. The lowest BCUT2D eigenvalue weighted by Gasteiger charge is -2.33. The Bertz CT molecular complexity index is 1660. The highest BCUT2D eigenvalue weighted by Crippen LogP contribution is 2.39. The molecule has 0 radical (unpaired) electrons. The molecule has 0 saturated carbocycles. The van der Waals surface area contributed by atoms with E-state index in [4.69, 9.17) is 16.3 Å². The molecule has 1 N–H and O–H groups in total. The summed E-state index contributed by atoms with van der Waals surface area (Å²) in [5, 5.41) is 1.97. The fourth-order valence-electron chi connectivity index (χ4n) is 5.27. The first kappa shape index (κ1) is 29.7. The van der Waals surface area contributed by atoms with Crippen LogP contribution in [0.5, 0.6) is 0 Å². The number of halogens is 3. The van der Waals surface area contributed by atoms with Gasteiger partial charge in [0, 0.05) is 25.0 Å². The third kappa shape index (κ3) is 5.52. The van der Waals surface area contributed by atoms with Gasteiger partial charge in [0.2, 0.25) is 0 Å². The Morgan fingerprint density at radius 3 is 2.33 bits per heavy atom. The Kier molecular flexibility index (Phi) is 7.88. The number of aromatic nitrogens is 1. The number of likely N-dealkylation sites (tertiary alicyclic amines) is 1. The Labute approximate surface area is 247 Å². The van der Waals surface area contributed by atoms with Crippen LogP contribution in [0, 0.1) is 18.6 Å². The smallest absolute Gasteiger partial charge is 0.424 e. The highest BCUT2D eigenvalue weighted by Gasteiger charge is 2.49. The van der Waals surface area contributed by atoms with Crippen LogP contribution >= 0.6 is 11.6 Å². The van der Waals surface area contributed by atoms with Gasteiger partial charge in [0.25, 0.3) is 15.9 Å². The van der Waals surface area contributed by atoms with Crippen molar-refractivity contribution in [3.05, 3.63) is 82.0 Å². The molecule has 0 spiro atoms. The average Bonchev–Trinajstić information content (AvgIpc) is 3.23. The molecule has 5 rings (SSSR count). The van der Waals surface area contributed by atoms with Crippen molar-refractivity contribution in [1.29, 1.82) is 0 Å². The molecule has 9 nitrogen and oxygen atoms in total. The van der Waals surface area contributed by atoms with E-state index >= 15 is 0 Å². The second kappa shape index (κ2) is 11.1. The number of pyridine rings is 1. The summed E-state index contributed by atoms with van der Waals surface area (Å²) in [6.45, 7) is 5.31. The highest BCUT2D eigenvalue weighted by molar-refractivity contribution is 7.89. The zero-order valence-electron chi connectivity index (χ0n) is 23.2. The van der Waals surface area contributed by atoms with Crippen molar-refractivity contribution in [2.75, 3.05) is 25.0 Å². The number of aryl methyl sites for hydroxylation is 1. The van der Waals surface area contributed by atoms with Gasteiger partial charge < -0.3 is 15.0 Å². The van der Waals surface area contributed by atoms with Crippen LogP contribution in [0.25, 0.3) is 0 Å². The third-order valence-electron chi connectivity index (χ3n) is 7.54. The van der Waals surface area contributed by atoms with E-state index in [2.05, 4.69) is 10.3 Å². The number of nitrogens with zero attached hydrogens (tertiary/aromatic N) is 3. The first-order valence-corrected chi connectivity index (χ1v) is 15.1. The molecule has 2 amide bonds. The number of benzene rings is 2. The Hall–Kier alpha value is -3.77. The van der Waals surface area contributed by atoms with E-state index in [-0.39, 0.29) is 29.6 Å². The summed E-state index contributed by atoms with van der Waals surface area (Å²) in [6, 6.07) is 10.2. The fraction of sp³-hybridized carbons (Fsp3) is 0.345. The van der Waals surface area contributed by atoms with Crippen LogP contribution in [0.3, 0.4) is 0 Å². The number of hydrogen-bond donors (Lipinski definition) is 1. The molecule has 2 aromatic carbocycles. The number of piperidine rings is 1. The van der Waals surface area contributed by atoms with Gasteiger partial charge in [-0.1, -0.05) is 23.7 Å². The molecule has 0 atom stereocenters. The molecule has 0 unspecified atom stereocenters. The second-order valence-corrected chi connectivity index (χ2v) is 13.1. The van der Waals surface area contributed by atoms with Crippen LogP contribution in [0.15, 0.2) is 53.7 Å². The summed E-state index contributed by atoms with van der Waals surface area (Å²) >= 11 is 6.69. The van der Waals surface area contributed by atoms with E-state index in [1.807, 2.05) is 0 Å². The molecule has 3 aromatic rings. The summed E-state index contributed by atoms with van der Waals surface area (Å²) in [4.78, 5) is 31.9. The van der Waals surface area contributed by atoms with Crippen molar-refractivity contribution in [1.82, 2.24) is 14.2 Å². The first-order valence-electron chi connectivity index (χ1n) is 13.3. The van der Waals surface area contributed by atoms with Gasteiger partial charge in [-0.2, -0.15) is 12.7 Å². The van der Waals surface area contributed by atoms with Crippen LogP contribution in [-0.4, -0.2) is 59.8 Å². The van der Waals surface area contributed by atoms with Crippen molar-refractivity contribution in [2.24, 2.45) is 0 Å². The Balaban J connectivity index is 1.51. The zero-order chi connectivity index (χ0) is 30.4. The summed E-state index contributed by atoms with van der Waals surface area (Å²) in [6.07, 6.45) is 1.32. The molecule has 2 aliphatic rings. The first-order chi connectivity index (χ1) is 19.8. The SMILES string of the molecule is Cc1cc(F)ccc1Nc1c(C(=O)N2CCC(c3ccc(F)cc3)CC2)cnc(S(=O)(=O)N2C(=O)OCC2(C)C)c1Cl. The quantitative estimate of drug-likeness (QED) is 0.361. The van der Waals surface area contributed by atoms with Crippen LogP contribution in [0.2, 0.25) is 5.02 Å². The lowest BCUT2D eigenvalue weighted by molar-refractivity contribution is 0.0713. The van der Waals surface area contributed by atoms with Crippen molar-refractivity contribution in [3.63, 3.8) is 0 Å². The molecule has 222 valence electrons. The molecule has 0 bridgehead atoms. The summed E-state index contributed by atoms with van der Waals surface area (Å²) in [7, 11) is -4.60. The second-order valence-electron chi connectivity index (χ2n) is 11.0. The molecule has 2 aliphatic heterocycles. The van der Waals surface area contributed by atoms with E-state index < -0.39 is 43.4 Å². The predicted octanol–water partition coefficient (Wildman–Crippen LogP) is 6.00. The topological polar surface area (TPSA) is 109 Å². The van der Waals surface area contributed by atoms with Gasteiger partial charge in [-0.05, 0) is 81.0 Å². The monoisotopic (exact) mass is 618 g/mol. The van der Waals surface area contributed by atoms with Crippen molar-refractivity contribution < 1.29 is 31.5 Å². The number of hydrogen-bond acceptors (Lipinski definition) is 7. The lowest BCUT2D eigenvalue weighted by atomic mass is 9.89. The average molecular weight is 619 g/mol. The number of rotatable bonds is 6. The molecule has 13 heteroatoms. The number of amides is 2. The van der Waals surface area contributed by atoms with Gasteiger partial charge in [-0.3, -0.25) is 4.79 Å². The lowest BCUT2D eigenvalue weighted by Crippen LogP contribution is -2.46. The minimum atomic E-state index is -4.60. The summed E-state index contributed by atoms with van der Waals surface area (Å²) in [5.74, 6) is -1.08. The number of carbonyl (C=O) groups is 2. The Morgan fingerprint density at radius 1 is 1.10 bits per heavy atom. The van der Waals surface area contributed by atoms with Crippen molar-refractivity contribution in [2.45, 2.75) is 50.1 Å². The van der Waals surface area contributed by atoms with E-state index in [0.717, 1.165) is 11.8 Å². The van der Waals surface area contributed by atoms with Crippen LogP contribution in [0.4, 0.5) is 25.0 Å². The van der Waals surface area contributed by atoms with Crippen LogP contribution < -0.4 is 5.32 Å². The molecular weight excluding hydrogens is 590 g/mol. The number of ether oxygens (including phenoxy) is 1. The van der Waals surface area contributed by atoms with Crippen LogP contribution in [-0.2, 0) is 14.8 Å². The number of carbonyl (C=O) groups excluding carboxylic acids is 2. The van der Waals surface area contributed by atoms with E-state index in [1.165, 1.54) is 44.2 Å². The van der Waals surface area contributed by atoms with Gasteiger partial charge in [0.15, 0.2) is 5.03 Å². The molecule has 3 heterocycles. The molecular formula is C29H29ClF2N4O5S. The normalized spacial score (nSPS) is 17.3. The number of cyclic esters (lactones) is 1. The maximum Gasteiger partial charge on any atom is 0.424 e. The van der Waals surface area contributed by atoms with Gasteiger partial charge >= 0.3 is 6.09 Å². The van der Waals surface area contributed by atoms with E-state index in [0.29, 0.717) is 41.5 Å². The van der Waals surface area contributed by atoms with E-state index in [1.54, 1.807) is 24.0 Å². The third-order valence-corrected chi connectivity index (χ3v) is 9.94. The number of anilines is 2. The molecule has 42 heavy (non-hydrogen) atoms. The number of sulfonamides is 1. The van der Waals surface area contributed by atoms with Crippen LogP contribution in [0.1, 0.15) is 54.1 Å².